The van der Waals surface area contributed by atoms with Crippen LogP contribution in [0.5, 0.6) is 5.75 Å². The minimum Gasteiger partial charge on any atom is -0.497 e. The Labute approximate surface area is 127 Å². The molecule has 0 saturated heterocycles. The van der Waals surface area contributed by atoms with Crippen molar-refractivity contribution in [3.63, 3.8) is 0 Å². The van der Waals surface area contributed by atoms with Crippen LogP contribution in [0.15, 0.2) is 51.8 Å². The molecule has 0 bridgehead atoms. The van der Waals surface area contributed by atoms with Gasteiger partial charge in [-0.2, -0.15) is 0 Å². The minimum atomic E-state index is -3.60. The second kappa shape index (κ2) is 5.85. The number of aryl methyl sites for hydroxylation is 1. The first-order chi connectivity index (χ1) is 9.42. The summed E-state index contributed by atoms with van der Waals surface area (Å²) < 4.78 is 33.0. The van der Waals surface area contributed by atoms with E-state index in [-0.39, 0.29) is 4.90 Å². The van der Waals surface area contributed by atoms with Gasteiger partial charge in [0.1, 0.15) is 5.75 Å². The Morgan fingerprint density at radius 1 is 1.15 bits per heavy atom. The number of halogens is 1. The summed E-state index contributed by atoms with van der Waals surface area (Å²) in [4.78, 5) is 0.210. The van der Waals surface area contributed by atoms with Gasteiger partial charge in [-0.15, -0.1) is 0 Å². The van der Waals surface area contributed by atoms with Gasteiger partial charge in [-0.25, -0.2) is 8.42 Å². The first-order valence-corrected chi connectivity index (χ1v) is 8.13. The number of sulfonamides is 1. The Hall–Kier alpha value is -1.53. The zero-order valence-electron chi connectivity index (χ0n) is 11.1. The maximum Gasteiger partial charge on any atom is 0.261 e. The fourth-order valence-electron chi connectivity index (χ4n) is 1.72. The molecule has 0 atom stereocenters. The highest BCUT2D eigenvalue weighted by atomic mass is 79.9. The Balaban J connectivity index is 2.33. The predicted molar refractivity (Wildman–Crippen MR) is 82.7 cm³/mol. The molecule has 0 aliphatic rings. The summed E-state index contributed by atoms with van der Waals surface area (Å²) in [7, 11) is -2.03. The van der Waals surface area contributed by atoms with Crippen LogP contribution in [0.1, 0.15) is 5.56 Å². The molecule has 0 unspecified atom stereocenters. The van der Waals surface area contributed by atoms with Crippen molar-refractivity contribution in [1.82, 2.24) is 0 Å². The van der Waals surface area contributed by atoms with Crippen LogP contribution in [-0.2, 0) is 10.0 Å². The Bertz CT molecular complexity index is 729. The topological polar surface area (TPSA) is 55.4 Å². The molecule has 1 N–H and O–H groups in total. The zero-order chi connectivity index (χ0) is 14.8. The molecular weight excluding hydrogens is 342 g/mol. The number of methoxy groups -OCH3 is 1. The number of hydrogen-bond donors (Lipinski definition) is 1. The number of benzene rings is 2. The summed E-state index contributed by atoms with van der Waals surface area (Å²) in [6.07, 6.45) is 0. The fourth-order valence-corrected chi connectivity index (χ4v) is 3.44. The Morgan fingerprint density at radius 3 is 2.50 bits per heavy atom. The van der Waals surface area contributed by atoms with Gasteiger partial charge >= 0.3 is 0 Å². The van der Waals surface area contributed by atoms with Crippen molar-refractivity contribution >= 4 is 31.6 Å². The number of nitrogens with one attached hydrogen (secondary N) is 1. The highest BCUT2D eigenvalue weighted by Gasteiger charge is 2.15. The van der Waals surface area contributed by atoms with Crippen LogP contribution in [-0.4, -0.2) is 15.5 Å². The molecule has 0 aromatic heterocycles. The van der Waals surface area contributed by atoms with Gasteiger partial charge in [0.15, 0.2) is 0 Å². The number of ether oxygens (including phenoxy) is 1. The van der Waals surface area contributed by atoms with Gasteiger partial charge in [-0.3, -0.25) is 4.72 Å². The van der Waals surface area contributed by atoms with Crippen LogP contribution in [0, 0.1) is 6.92 Å². The summed E-state index contributed by atoms with van der Waals surface area (Å²) >= 11 is 3.26. The van der Waals surface area contributed by atoms with Crippen LogP contribution in [0.3, 0.4) is 0 Å². The van der Waals surface area contributed by atoms with Gasteiger partial charge in [0.25, 0.3) is 10.0 Å². The summed E-state index contributed by atoms with van der Waals surface area (Å²) in [6, 6.07) is 11.7. The third-order valence-electron chi connectivity index (χ3n) is 2.78. The molecule has 0 fully saturated rings. The van der Waals surface area contributed by atoms with E-state index >= 15 is 0 Å². The van der Waals surface area contributed by atoms with Crippen LogP contribution in [0.4, 0.5) is 5.69 Å². The van der Waals surface area contributed by atoms with E-state index in [9.17, 15) is 8.42 Å². The van der Waals surface area contributed by atoms with Crippen molar-refractivity contribution in [3.8, 4) is 5.75 Å². The molecule has 6 heteroatoms. The molecule has 0 aliphatic carbocycles. The molecule has 0 aliphatic heterocycles. The van der Waals surface area contributed by atoms with E-state index in [1.54, 1.807) is 49.6 Å². The summed E-state index contributed by atoms with van der Waals surface area (Å²) in [5, 5.41) is 0. The van der Waals surface area contributed by atoms with Crippen LogP contribution >= 0.6 is 15.9 Å². The van der Waals surface area contributed by atoms with E-state index < -0.39 is 10.0 Å². The van der Waals surface area contributed by atoms with Crippen LogP contribution in [0.2, 0.25) is 0 Å². The van der Waals surface area contributed by atoms with Gasteiger partial charge in [0.05, 0.1) is 17.7 Å². The molecule has 0 amide bonds. The average Bonchev–Trinajstić information content (AvgIpc) is 2.41. The molecule has 2 rings (SSSR count). The number of hydrogen-bond acceptors (Lipinski definition) is 3. The van der Waals surface area contributed by atoms with Crippen molar-refractivity contribution < 1.29 is 13.2 Å². The largest absolute Gasteiger partial charge is 0.497 e. The lowest BCUT2D eigenvalue weighted by Crippen LogP contribution is -2.13. The van der Waals surface area contributed by atoms with Gasteiger partial charge < -0.3 is 4.74 Å². The second-order valence-corrected chi connectivity index (χ2v) is 6.84. The van der Waals surface area contributed by atoms with Gasteiger partial charge in [-0.05, 0) is 48.9 Å². The van der Waals surface area contributed by atoms with Crippen molar-refractivity contribution in [2.24, 2.45) is 0 Å². The van der Waals surface area contributed by atoms with Gasteiger partial charge in [0, 0.05) is 4.47 Å². The second-order valence-electron chi connectivity index (χ2n) is 4.24. The SMILES string of the molecule is COc1ccc(NS(=O)(=O)c2cccc(Br)c2)c(C)c1. The van der Waals surface area contributed by atoms with E-state index in [0.29, 0.717) is 15.9 Å². The van der Waals surface area contributed by atoms with Gasteiger partial charge in [0.2, 0.25) is 0 Å². The molecule has 2 aromatic carbocycles. The van der Waals surface area contributed by atoms with E-state index in [0.717, 1.165) is 5.56 Å². The molecule has 0 saturated carbocycles. The normalized spacial score (nSPS) is 11.2. The minimum absolute atomic E-state index is 0.210. The van der Waals surface area contributed by atoms with Crippen LogP contribution in [0.25, 0.3) is 0 Å². The molecule has 2 aromatic rings. The number of anilines is 1. The monoisotopic (exact) mass is 355 g/mol. The maximum atomic E-state index is 12.3. The van der Waals surface area contributed by atoms with Crippen molar-refractivity contribution in [2.75, 3.05) is 11.8 Å². The third-order valence-corrected chi connectivity index (χ3v) is 4.64. The third kappa shape index (κ3) is 3.32. The molecule has 4 nitrogen and oxygen atoms in total. The molecular formula is C14H14BrNO3S. The van der Waals surface area contributed by atoms with Crippen LogP contribution < -0.4 is 9.46 Å². The summed E-state index contributed by atoms with van der Waals surface area (Å²) in [5.74, 6) is 0.688. The zero-order valence-corrected chi connectivity index (χ0v) is 13.5. The van der Waals surface area contributed by atoms with Crippen molar-refractivity contribution in [1.29, 1.82) is 0 Å². The van der Waals surface area contributed by atoms with Gasteiger partial charge in [-0.1, -0.05) is 22.0 Å². The quantitative estimate of drug-likeness (QED) is 0.911. The van der Waals surface area contributed by atoms with E-state index in [1.807, 2.05) is 6.92 Å². The van der Waals surface area contributed by atoms with E-state index in [2.05, 4.69) is 20.7 Å². The smallest absolute Gasteiger partial charge is 0.261 e. The standard InChI is InChI=1S/C14H14BrNO3S/c1-10-8-12(19-2)6-7-14(10)16-20(17,18)13-5-3-4-11(15)9-13/h3-9,16H,1-2H3. The Morgan fingerprint density at radius 2 is 1.90 bits per heavy atom. The highest BCUT2D eigenvalue weighted by Crippen LogP contribution is 2.24. The maximum absolute atomic E-state index is 12.3. The lowest BCUT2D eigenvalue weighted by molar-refractivity contribution is 0.414. The Kier molecular flexibility index (Phi) is 4.35. The molecule has 106 valence electrons. The molecule has 20 heavy (non-hydrogen) atoms. The lowest BCUT2D eigenvalue weighted by atomic mass is 10.2. The molecule has 0 heterocycles. The highest BCUT2D eigenvalue weighted by molar-refractivity contribution is 9.10. The van der Waals surface area contributed by atoms with E-state index in [4.69, 9.17) is 4.74 Å². The molecule has 0 spiro atoms. The summed E-state index contributed by atoms with van der Waals surface area (Å²) in [5.41, 5.74) is 1.33. The first kappa shape index (κ1) is 14.9. The van der Waals surface area contributed by atoms with E-state index in [1.165, 1.54) is 0 Å². The van der Waals surface area contributed by atoms with Crippen molar-refractivity contribution in [2.45, 2.75) is 11.8 Å². The lowest BCUT2D eigenvalue weighted by Gasteiger charge is -2.11. The van der Waals surface area contributed by atoms with Crippen molar-refractivity contribution in [3.05, 3.63) is 52.5 Å². The molecule has 0 radical (unpaired) electrons. The number of rotatable bonds is 4. The first-order valence-electron chi connectivity index (χ1n) is 5.85. The average molecular weight is 356 g/mol. The fraction of sp³-hybridized carbons (Fsp3) is 0.143. The predicted octanol–water partition coefficient (Wildman–Crippen LogP) is 3.57. The summed E-state index contributed by atoms with van der Waals surface area (Å²) in [6.45, 7) is 1.82.